The number of hydrogen-bond acceptors (Lipinski definition) is 6. The van der Waals surface area contributed by atoms with E-state index in [0.29, 0.717) is 17.5 Å². The zero-order valence-corrected chi connectivity index (χ0v) is 25.8. The van der Waals surface area contributed by atoms with Gasteiger partial charge in [-0.1, -0.05) is 115 Å². The summed E-state index contributed by atoms with van der Waals surface area (Å²) in [6.45, 7) is 0. The molecule has 0 fully saturated rings. The van der Waals surface area contributed by atoms with Gasteiger partial charge in [0.25, 0.3) is 0 Å². The minimum Gasteiger partial charge on any atom is -0.299 e. The summed E-state index contributed by atoms with van der Waals surface area (Å²) < 4.78 is 2.41. The van der Waals surface area contributed by atoms with Gasteiger partial charge < -0.3 is 0 Å². The molecule has 0 saturated carbocycles. The van der Waals surface area contributed by atoms with E-state index in [2.05, 4.69) is 78.9 Å². The van der Waals surface area contributed by atoms with Gasteiger partial charge in [0.15, 0.2) is 17.5 Å². The molecule has 9 rings (SSSR count). The molecular weight excluding hydrogens is 595 g/mol. The van der Waals surface area contributed by atoms with E-state index >= 15 is 0 Å². The molecule has 0 aliphatic heterocycles. The average molecular weight is 620 g/mol. The second-order valence-corrected chi connectivity index (χ2v) is 12.7. The van der Waals surface area contributed by atoms with E-state index in [4.69, 9.17) is 25.8 Å². The van der Waals surface area contributed by atoms with Crippen molar-refractivity contribution in [2.75, 3.05) is 0 Å². The van der Waals surface area contributed by atoms with Crippen LogP contribution in [0.15, 0.2) is 133 Å². The first-order valence-electron chi connectivity index (χ1n) is 15.4. The topological polar surface area (TPSA) is 86.4 Å². The number of nitrogens with zero attached hydrogens (tertiary/aromatic N) is 3. The van der Waals surface area contributed by atoms with Crippen molar-refractivity contribution in [3.8, 4) is 45.3 Å². The van der Waals surface area contributed by atoms with Gasteiger partial charge >= 0.3 is 0 Å². The van der Waals surface area contributed by atoms with E-state index in [1.165, 1.54) is 14.8 Å². The Kier molecular flexibility index (Phi) is 6.23. The highest BCUT2D eigenvalue weighted by Gasteiger charge is 2.21. The number of nitrogens with one attached hydrogen (secondary N) is 2. The quantitative estimate of drug-likeness (QED) is 0.205. The number of allylic oxidation sites excluding steroid dienone is 1. The molecule has 2 aromatic heterocycles. The van der Waals surface area contributed by atoms with Crippen molar-refractivity contribution in [2.45, 2.75) is 0 Å². The Hall–Kier alpha value is -6.11. The van der Waals surface area contributed by atoms with Gasteiger partial charge in [-0.3, -0.25) is 10.8 Å². The lowest BCUT2D eigenvalue weighted by Gasteiger charge is -2.16. The molecule has 2 N–H and O–H groups in total. The van der Waals surface area contributed by atoms with Gasteiger partial charge in [-0.15, -0.1) is 11.3 Å². The highest BCUT2D eigenvalue weighted by molar-refractivity contribution is 7.25. The molecule has 1 aliphatic rings. The minimum absolute atomic E-state index is 0.203. The molecule has 0 unspecified atom stereocenters. The van der Waals surface area contributed by atoms with Crippen molar-refractivity contribution in [2.24, 2.45) is 0 Å². The van der Waals surface area contributed by atoms with E-state index in [1.54, 1.807) is 17.4 Å². The molecule has 220 valence electrons. The van der Waals surface area contributed by atoms with Gasteiger partial charge in [-0.05, 0) is 51.7 Å². The highest BCUT2D eigenvalue weighted by Crippen LogP contribution is 2.40. The SMILES string of the molecule is N=C1C=Cc2ccc3ccc(-c4nc(-c5ccccc5-c5ccccc5)nc(-c5cccc6sc7ccccc7c56)n4)cc3c2C1=N. The molecular formula is C41H25N5S. The zero-order valence-electron chi connectivity index (χ0n) is 25.0. The number of fused-ring (bicyclic) bond motifs is 6. The van der Waals surface area contributed by atoms with Crippen molar-refractivity contribution in [1.82, 2.24) is 15.0 Å². The maximum atomic E-state index is 8.74. The van der Waals surface area contributed by atoms with E-state index in [0.717, 1.165) is 55.1 Å². The first kappa shape index (κ1) is 27.2. The van der Waals surface area contributed by atoms with Gasteiger partial charge in [-0.2, -0.15) is 0 Å². The predicted molar refractivity (Wildman–Crippen MR) is 196 cm³/mol. The Labute approximate surface area is 274 Å². The minimum atomic E-state index is 0.203. The lowest BCUT2D eigenvalue weighted by Crippen LogP contribution is -2.16. The van der Waals surface area contributed by atoms with Crippen LogP contribution < -0.4 is 0 Å². The molecule has 0 spiro atoms. The first-order chi connectivity index (χ1) is 23.1. The molecule has 1 aliphatic carbocycles. The second kappa shape index (κ2) is 10.8. The van der Waals surface area contributed by atoms with Gasteiger partial charge in [0.2, 0.25) is 0 Å². The molecule has 0 saturated heterocycles. The molecule has 0 radical (unpaired) electrons. The van der Waals surface area contributed by atoms with Gasteiger partial charge in [0, 0.05) is 42.4 Å². The normalized spacial score (nSPS) is 12.7. The van der Waals surface area contributed by atoms with Crippen LogP contribution in [0.4, 0.5) is 0 Å². The Morgan fingerprint density at radius 1 is 0.489 bits per heavy atom. The molecule has 5 nitrogen and oxygen atoms in total. The molecule has 6 heteroatoms. The maximum Gasteiger partial charge on any atom is 0.164 e. The summed E-state index contributed by atoms with van der Waals surface area (Å²) in [5.41, 5.74) is 6.94. The van der Waals surface area contributed by atoms with Crippen molar-refractivity contribution < 1.29 is 0 Å². The van der Waals surface area contributed by atoms with Crippen molar-refractivity contribution >= 4 is 59.8 Å². The molecule has 8 aromatic rings. The summed E-state index contributed by atoms with van der Waals surface area (Å²) in [7, 11) is 0. The largest absolute Gasteiger partial charge is 0.299 e. The van der Waals surface area contributed by atoms with Crippen molar-refractivity contribution in [1.29, 1.82) is 10.8 Å². The molecule has 47 heavy (non-hydrogen) atoms. The van der Waals surface area contributed by atoms with Crippen LogP contribution in [0.3, 0.4) is 0 Å². The maximum absolute atomic E-state index is 8.74. The van der Waals surface area contributed by atoms with E-state index < -0.39 is 0 Å². The Morgan fingerprint density at radius 2 is 1.17 bits per heavy atom. The van der Waals surface area contributed by atoms with Crippen molar-refractivity contribution in [3.63, 3.8) is 0 Å². The smallest absolute Gasteiger partial charge is 0.164 e. The van der Waals surface area contributed by atoms with E-state index in [-0.39, 0.29) is 11.4 Å². The van der Waals surface area contributed by atoms with Crippen LogP contribution in [-0.4, -0.2) is 26.4 Å². The number of rotatable bonds is 4. The standard InChI is InChI=1S/C41H25N5S/c42-33-22-21-26-19-17-25-18-20-27(23-32(25)36(26)38(33)43)39-44-40(29-12-5-4-11-28(29)24-9-2-1-3-10-24)46-41(45-39)31-14-8-16-35-37(31)30-13-6-7-15-34(30)47-35/h1-23,42-43H. The van der Waals surface area contributed by atoms with Crippen LogP contribution in [0.5, 0.6) is 0 Å². The summed E-state index contributed by atoms with van der Waals surface area (Å²) in [6.07, 6.45) is 3.59. The number of aromatic nitrogens is 3. The third-order valence-electron chi connectivity index (χ3n) is 8.79. The van der Waals surface area contributed by atoms with Crippen molar-refractivity contribution in [3.05, 3.63) is 145 Å². The van der Waals surface area contributed by atoms with Crippen LogP contribution in [0, 0.1) is 10.8 Å². The first-order valence-corrected chi connectivity index (χ1v) is 16.2. The van der Waals surface area contributed by atoms with Gasteiger partial charge in [0.1, 0.15) is 0 Å². The summed E-state index contributed by atoms with van der Waals surface area (Å²) >= 11 is 1.77. The van der Waals surface area contributed by atoms with Gasteiger partial charge in [0.05, 0.1) is 11.4 Å². The molecule has 6 aromatic carbocycles. The summed E-state index contributed by atoms with van der Waals surface area (Å²) in [5, 5.41) is 21.3. The number of hydrogen-bond donors (Lipinski definition) is 2. The summed E-state index contributed by atoms with van der Waals surface area (Å²) in [6, 6.07) is 43.6. The van der Waals surface area contributed by atoms with E-state index in [9.17, 15) is 0 Å². The van der Waals surface area contributed by atoms with Crippen LogP contribution in [0.2, 0.25) is 0 Å². The average Bonchev–Trinajstić information content (AvgIpc) is 3.52. The molecule has 0 bridgehead atoms. The summed E-state index contributed by atoms with van der Waals surface area (Å²) in [5.74, 6) is 1.75. The number of benzene rings is 6. The fourth-order valence-corrected chi connectivity index (χ4v) is 7.67. The summed E-state index contributed by atoms with van der Waals surface area (Å²) in [4.78, 5) is 15.5. The molecule has 2 heterocycles. The lowest BCUT2D eigenvalue weighted by molar-refractivity contribution is 1.08. The van der Waals surface area contributed by atoms with Crippen LogP contribution in [-0.2, 0) is 0 Å². The molecule has 0 amide bonds. The molecule has 0 atom stereocenters. The second-order valence-electron chi connectivity index (χ2n) is 11.6. The Morgan fingerprint density at radius 3 is 2.04 bits per heavy atom. The van der Waals surface area contributed by atoms with Crippen LogP contribution >= 0.6 is 11.3 Å². The van der Waals surface area contributed by atoms with E-state index in [1.807, 2.05) is 54.6 Å². The Balaban J connectivity index is 1.32. The lowest BCUT2D eigenvalue weighted by atomic mass is 9.88. The van der Waals surface area contributed by atoms with Gasteiger partial charge in [-0.25, -0.2) is 15.0 Å². The predicted octanol–water partition coefficient (Wildman–Crippen LogP) is 10.5. The highest BCUT2D eigenvalue weighted by atomic mass is 32.1. The van der Waals surface area contributed by atoms with Crippen LogP contribution in [0.1, 0.15) is 11.1 Å². The monoisotopic (exact) mass is 619 g/mol. The fraction of sp³-hybridized carbons (Fsp3) is 0. The third-order valence-corrected chi connectivity index (χ3v) is 9.93. The third kappa shape index (κ3) is 4.49. The Bertz CT molecular complexity index is 2620. The number of thiophene rings is 1. The van der Waals surface area contributed by atoms with Crippen LogP contribution in [0.25, 0.3) is 82.3 Å². The zero-order chi connectivity index (χ0) is 31.5. The fourth-order valence-electron chi connectivity index (χ4n) is 6.54.